The van der Waals surface area contributed by atoms with Gasteiger partial charge in [0.05, 0.1) is 5.56 Å². The Balaban J connectivity index is 1.65. The molecular formula is C24H29NO3. The number of carboxylic acids is 1. The van der Waals surface area contributed by atoms with E-state index in [1.54, 1.807) is 18.2 Å². The third kappa shape index (κ3) is 3.91. The van der Waals surface area contributed by atoms with E-state index in [0.717, 1.165) is 42.0 Å². The third-order valence-electron chi connectivity index (χ3n) is 6.50. The molecule has 0 unspecified atom stereocenters. The molecule has 0 atom stereocenters. The SMILES string of the molecule is O=C(O)c1ccc2cc(C(=O)N(C3CCCCC3)C3CCCCC3)ccc2c1. The molecule has 0 aliphatic heterocycles. The van der Waals surface area contributed by atoms with Crippen molar-refractivity contribution >= 4 is 22.6 Å². The predicted octanol–water partition coefficient (Wildman–Crippen LogP) is 5.65. The zero-order chi connectivity index (χ0) is 19.5. The topological polar surface area (TPSA) is 57.6 Å². The molecule has 0 saturated heterocycles. The summed E-state index contributed by atoms with van der Waals surface area (Å²) in [4.78, 5) is 27.0. The summed E-state index contributed by atoms with van der Waals surface area (Å²) in [7, 11) is 0. The van der Waals surface area contributed by atoms with Crippen molar-refractivity contribution in [3.05, 3.63) is 47.5 Å². The minimum absolute atomic E-state index is 0.156. The quantitative estimate of drug-likeness (QED) is 0.747. The summed E-state index contributed by atoms with van der Waals surface area (Å²) in [5.41, 5.74) is 1.00. The lowest BCUT2D eigenvalue weighted by Gasteiger charge is -2.42. The van der Waals surface area contributed by atoms with E-state index in [1.165, 1.54) is 38.5 Å². The van der Waals surface area contributed by atoms with Crippen molar-refractivity contribution in [3.8, 4) is 0 Å². The molecular weight excluding hydrogens is 350 g/mol. The molecule has 148 valence electrons. The molecule has 2 aliphatic carbocycles. The first kappa shape index (κ1) is 19.0. The number of benzene rings is 2. The number of aromatic carboxylic acids is 1. The van der Waals surface area contributed by atoms with Crippen LogP contribution in [0.25, 0.3) is 10.8 Å². The van der Waals surface area contributed by atoms with Gasteiger partial charge in [0, 0.05) is 17.6 Å². The van der Waals surface area contributed by atoms with Crippen LogP contribution in [0.1, 0.15) is 84.9 Å². The number of rotatable bonds is 4. The molecule has 0 bridgehead atoms. The molecule has 0 spiro atoms. The summed E-state index contributed by atoms with van der Waals surface area (Å²) in [5, 5.41) is 11.0. The van der Waals surface area contributed by atoms with Crippen LogP contribution in [-0.2, 0) is 0 Å². The van der Waals surface area contributed by atoms with E-state index in [1.807, 2.05) is 18.2 Å². The highest BCUT2D eigenvalue weighted by Crippen LogP contribution is 2.32. The van der Waals surface area contributed by atoms with Crippen molar-refractivity contribution in [2.45, 2.75) is 76.3 Å². The Hall–Kier alpha value is -2.36. The van der Waals surface area contributed by atoms with Gasteiger partial charge in [-0.15, -0.1) is 0 Å². The standard InChI is InChI=1S/C24H29NO3/c26-23(19-13-11-18-16-20(24(27)28)14-12-17(18)15-19)25(21-7-3-1-4-8-21)22-9-5-2-6-10-22/h11-16,21-22H,1-10H2,(H,27,28). The maximum Gasteiger partial charge on any atom is 0.335 e. The number of carbonyl (C=O) groups is 2. The number of hydrogen-bond acceptors (Lipinski definition) is 2. The predicted molar refractivity (Wildman–Crippen MR) is 111 cm³/mol. The van der Waals surface area contributed by atoms with E-state index in [4.69, 9.17) is 0 Å². The van der Waals surface area contributed by atoms with Gasteiger partial charge in [-0.1, -0.05) is 50.7 Å². The second kappa shape index (κ2) is 8.34. The van der Waals surface area contributed by atoms with Gasteiger partial charge < -0.3 is 10.0 Å². The highest BCUT2D eigenvalue weighted by molar-refractivity contribution is 6.00. The van der Waals surface area contributed by atoms with E-state index in [0.29, 0.717) is 12.1 Å². The van der Waals surface area contributed by atoms with Crippen LogP contribution in [0, 0.1) is 0 Å². The Kier molecular flexibility index (Phi) is 5.65. The van der Waals surface area contributed by atoms with Gasteiger partial charge in [0.2, 0.25) is 0 Å². The van der Waals surface area contributed by atoms with Crippen molar-refractivity contribution in [1.29, 1.82) is 0 Å². The van der Waals surface area contributed by atoms with Crippen molar-refractivity contribution in [2.24, 2.45) is 0 Å². The molecule has 4 nitrogen and oxygen atoms in total. The second-order valence-electron chi connectivity index (χ2n) is 8.38. The number of nitrogens with zero attached hydrogens (tertiary/aromatic N) is 1. The van der Waals surface area contributed by atoms with Crippen LogP contribution in [0.3, 0.4) is 0 Å². The fourth-order valence-corrected chi connectivity index (χ4v) is 5.01. The van der Waals surface area contributed by atoms with Gasteiger partial charge in [-0.3, -0.25) is 4.79 Å². The summed E-state index contributed by atoms with van der Waals surface area (Å²) in [6.45, 7) is 0. The van der Waals surface area contributed by atoms with Gasteiger partial charge in [-0.05, 0) is 60.7 Å². The molecule has 1 amide bonds. The fraction of sp³-hybridized carbons (Fsp3) is 0.500. The maximum absolute atomic E-state index is 13.6. The Bertz CT molecular complexity index is 845. The number of carboxylic acid groups (broad SMARTS) is 1. The van der Waals surface area contributed by atoms with Crippen LogP contribution >= 0.6 is 0 Å². The van der Waals surface area contributed by atoms with Crippen molar-refractivity contribution in [3.63, 3.8) is 0 Å². The fourth-order valence-electron chi connectivity index (χ4n) is 5.01. The summed E-state index contributed by atoms with van der Waals surface area (Å²) in [5.74, 6) is -0.772. The summed E-state index contributed by atoms with van der Waals surface area (Å²) in [6, 6.07) is 11.5. The first-order valence-electron chi connectivity index (χ1n) is 10.7. The van der Waals surface area contributed by atoms with E-state index >= 15 is 0 Å². The number of fused-ring (bicyclic) bond motifs is 1. The average molecular weight is 380 g/mol. The Morgan fingerprint density at radius 2 is 1.18 bits per heavy atom. The Morgan fingerprint density at radius 3 is 1.68 bits per heavy atom. The molecule has 2 aliphatic rings. The van der Waals surface area contributed by atoms with E-state index < -0.39 is 5.97 Å². The minimum Gasteiger partial charge on any atom is -0.478 e. The zero-order valence-electron chi connectivity index (χ0n) is 16.4. The van der Waals surface area contributed by atoms with Crippen LogP contribution < -0.4 is 0 Å². The molecule has 0 aromatic heterocycles. The van der Waals surface area contributed by atoms with E-state index in [2.05, 4.69) is 4.90 Å². The first-order valence-corrected chi connectivity index (χ1v) is 10.7. The van der Waals surface area contributed by atoms with Crippen molar-refractivity contribution in [2.75, 3.05) is 0 Å². The van der Waals surface area contributed by atoms with Gasteiger partial charge in [-0.2, -0.15) is 0 Å². The molecule has 4 rings (SSSR count). The van der Waals surface area contributed by atoms with Crippen LogP contribution in [0.2, 0.25) is 0 Å². The second-order valence-corrected chi connectivity index (χ2v) is 8.38. The lowest BCUT2D eigenvalue weighted by Crippen LogP contribution is -2.48. The van der Waals surface area contributed by atoms with Crippen LogP contribution in [0.15, 0.2) is 36.4 Å². The highest BCUT2D eigenvalue weighted by Gasteiger charge is 2.33. The summed E-state index contributed by atoms with van der Waals surface area (Å²) in [6.07, 6.45) is 11.9. The highest BCUT2D eigenvalue weighted by atomic mass is 16.4. The molecule has 2 saturated carbocycles. The van der Waals surface area contributed by atoms with Crippen LogP contribution in [-0.4, -0.2) is 34.0 Å². The molecule has 0 heterocycles. The van der Waals surface area contributed by atoms with Gasteiger partial charge in [0.15, 0.2) is 0 Å². The zero-order valence-corrected chi connectivity index (χ0v) is 16.4. The Morgan fingerprint density at radius 1 is 0.714 bits per heavy atom. The molecule has 0 radical (unpaired) electrons. The van der Waals surface area contributed by atoms with E-state index in [-0.39, 0.29) is 11.5 Å². The smallest absolute Gasteiger partial charge is 0.335 e. The lowest BCUT2D eigenvalue weighted by molar-refractivity contribution is 0.0448. The molecule has 2 fully saturated rings. The molecule has 4 heteroatoms. The van der Waals surface area contributed by atoms with Crippen LogP contribution in [0.5, 0.6) is 0 Å². The van der Waals surface area contributed by atoms with Gasteiger partial charge in [0.25, 0.3) is 5.91 Å². The average Bonchev–Trinajstić information content (AvgIpc) is 2.74. The van der Waals surface area contributed by atoms with Crippen molar-refractivity contribution < 1.29 is 14.7 Å². The van der Waals surface area contributed by atoms with Crippen molar-refractivity contribution in [1.82, 2.24) is 4.90 Å². The monoisotopic (exact) mass is 379 g/mol. The van der Waals surface area contributed by atoms with Gasteiger partial charge >= 0.3 is 5.97 Å². The molecule has 2 aromatic carbocycles. The third-order valence-corrected chi connectivity index (χ3v) is 6.50. The van der Waals surface area contributed by atoms with Crippen LogP contribution in [0.4, 0.5) is 0 Å². The lowest BCUT2D eigenvalue weighted by atomic mass is 9.88. The molecule has 28 heavy (non-hydrogen) atoms. The molecule has 1 N–H and O–H groups in total. The summed E-state index contributed by atoms with van der Waals surface area (Å²) >= 11 is 0. The van der Waals surface area contributed by atoms with Gasteiger partial charge in [0.1, 0.15) is 0 Å². The van der Waals surface area contributed by atoms with Gasteiger partial charge in [-0.25, -0.2) is 4.79 Å². The summed E-state index contributed by atoms with van der Waals surface area (Å²) < 4.78 is 0. The number of hydrogen-bond donors (Lipinski definition) is 1. The largest absolute Gasteiger partial charge is 0.478 e. The Labute approximate surface area is 166 Å². The number of carbonyl (C=O) groups excluding carboxylic acids is 1. The maximum atomic E-state index is 13.6. The first-order chi connectivity index (χ1) is 13.6. The normalized spacial score (nSPS) is 18.9. The minimum atomic E-state index is -0.928. The molecule has 2 aromatic rings. The number of amides is 1. The van der Waals surface area contributed by atoms with E-state index in [9.17, 15) is 14.7 Å².